The first-order valence-corrected chi connectivity index (χ1v) is 13.1. The van der Waals surface area contributed by atoms with Gasteiger partial charge in [-0.25, -0.2) is 0 Å². The van der Waals surface area contributed by atoms with Crippen LogP contribution < -0.4 is 15.9 Å². The minimum atomic E-state index is -2.11. The minimum Gasteiger partial charge on any atom is -0.271 e. The number of aryl methyl sites for hydroxylation is 1. The van der Waals surface area contributed by atoms with Gasteiger partial charge in [-0.05, 0) is 55.0 Å². The van der Waals surface area contributed by atoms with Gasteiger partial charge in [-0.2, -0.15) is 0 Å². The molecule has 0 aromatic heterocycles. The summed E-state index contributed by atoms with van der Waals surface area (Å²) in [5, 5.41) is 3.74. The Bertz CT molecular complexity index is 1210. The van der Waals surface area contributed by atoms with Crippen LogP contribution in [0.2, 0.25) is 0 Å². The van der Waals surface area contributed by atoms with Crippen LogP contribution in [0, 0.1) is 6.92 Å². The first kappa shape index (κ1) is 21.3. The molecule has 1 heterocycles. The SMILES string of the molecule is Cc1cccc2c1C(=O)N(CC[P+](c1ccccc1)(c1ccccc1)c1ccccc1)C2=O. The molecule has 0 saturated carbocycles. The smallest absolute Gasteiger partial charge is 0.261 e. The molecule has 0 unspecified atom stereocenters. The van der Waals surface area contributed by atoms with Crippen molar-refractivity contribution in [1.29, 1.82) is 0 Å². The number of carbonyl (C=O) groups excluding carboxylic acids is 2. The summed E-state index contributed by atoms with van der Waals surface area (Å²) in [5.74, 6) is -0.369. The fourth-order valence-corrected chi connectivity index (χ4v) is 9.05. The van der Waals surface area contributed by atoms with Crippen molar-refractivity contribution in [3.8, 4) is 0 Å². The molecule has 162 valence electrons. The van der Waals surface area contributed by atoms with Gasteiger partial charge in [-0.1, -0.05) is 66.7 Å². The van der Waals surface area contributed by atoms with Crippen molar-refractivity contribution in [1.82, 2.24) is 4.90 Å². The van der Waals surface area contributed by atoms with E-state index < -0.39 is 7.26 Å². The summed E-state index contributed by atoms with van der Waals surface area (Å²) in [4.78, 5) is 27.9. The number of carbonyl (C=O) groups is 2. The lowest BCUT2D eigenvalue weighted by Crippen LogP contribution is -2.39. The first-order chi connectivity index (χ1) is 16.1. The van der Waals surface area contributed by atoms with Crippen molar-refractivity contribution >= 4 is 35.0 Å². The second-order valence-corrected chi connectivity index (χ2v) is 11.9. The molecule has 3 nitrogen and oxygen atoms in total. The fraction of sp³-hybridized carbons (Fsp3) is 0.103. The van der Waals surface area contributed by atoms with E-state index in [9.17, 15) is 9.59 Å². The third kappa shape index (κ3) is 3.59. The normalized spacial score (nSPS) is 13.3. The number of imide groups is 1. The van der Waals surface area contributed by atoms with Crippen LogP contribution in [0.15, 0.2) is 109 Å². The minimum absolute atomic E-state index is 0.180. The van der Waals surface area contributed by atoms with Gasteiger partial charge in [0.1, 0.15) is 23.2 Å². The first-order valence-electron chi connectivity index (χ1n) is 11.1. The van der Waals surface area contributed by atoms with E-state index in [1.165, 1.54) is 20.8 Å². The number of rotatable bonds is 6. The van der Waals surface area contributed by atoms with Crippen molar-refractivity contribution < 1.29 is 9.59 Å². The van der Waals surface area contributed by atoms with Crippen LogP contribution in [-0.4, -0.2) is 29.4 Å². The Balaban J connectivity index is 1.61. The molecule has 1 aliphatic rings. The molecule has 1 aliphatic heterocycles. The highest BCUT2D eigenvalue weighted by Gasteiger charge is 2.47. The van der Waals surface area contributed by atoms with Crippen LogP contribution in [0.3, 0.4) is 0 Å². The Morgan fingerprint density at radius 1 is 0.606 bits per heavy atom. The maximum absolute atomic E-state index is 13.3. The summed E-state index contributed by atoms with van der Waals surface area (Å²) < 4.78 is 0. The van der Waals surface area contributed by atoms with Crippen molar-refractivity contribution in [2.24, 2.45) is 0 Å². The average Bonchev–Trinajstić information content (AvgIpc) is 3.12. The van der Waals surface area contributed by atoms with Gasteiger partial charge in [-0.15, -0.1) is 0 Å². The van der Waals surface area contributed by atoms with Crippen LogP contribution in [0.5, 0.6) is 0 Å². The predicted octanol–water partition coefficient (Wildman–Crippen LogP) is 4.59. The molecule has 0 N–H and O–H groups in total. The number of nitrogens with zero attached hydrogens (tertiary/aromatic N) is 1. The lowest BCUT2D eigenvalue weighted by molar-refractivity contribution is 0.0664. The second kappa shape index (κ2) is 8.77. The largest absolute Gasteiger partial charge is 0.271 e. The van der Waals surface area contributed by atoms with Gasteiger partial charge in [0.2, 0.25) is 0 Å². The predicted molar refractivity (Wildman–Crippen MR) is 137 cm³/mol. The summed E-state index contributed by atoms with van der Waals surface area (Å²) in [7, 11) is -2.11. The molecule has 4 aromatic carbocycles. The fourth-order valence-electron chi connectivity index (χ4n) is 4.84. The monoisotopic (exact) mass is 450 g/mol. The maximum atomic E-state index is 13.3. The summed E-state index contributed by atoms with van der Waals surface area (Å²) in [6.45, 7) is 2.26. The Labute approximate surface area is 195 Å². The van der Waals surface area contributed by atoms with Crippen LogP contribution in [0.4, 0.5) is 0 Å². The highest BCUT2D eigenvalue weighted by atomic mass is 31.2. The number of fused-ring (bicyclic) bond motifs is 1. The van der Waals surface area contributed by atoms with Gasteiger partial charge >= 0.3 is 0 Å². The van der Waals surface area contributed by atoms with Gasteiger partial charge in [0, 0.05) is 0 Å². The van der Waals surface area contributed by atoms with Gasteiger partial charge in [0.25, 0.3) is 11.8 Å². The number of benzene rings is 4. The molecule has 5 rings (SSSR count). The van der Waals surface area contributed by atoms with E-state index >= 15 is 0 Å². The topological polar surface area (TPSA) is 37.4 Å². The average molecular weight is 450 g/mol. The van der Waals surface area contributed by atoms with E-state index in [-0.39, 0.29) is 11.8 Å². The van der Waals surface area contributed by atoms with E-state index in [1.54, 1.807) is 6.07 Å². The maximum Gasteiger partial charge on any atom is 0.261 e. The van der Waals surface area contributed by atoms with Crippen molar-refractivity contribution in [3.63, 3.8) is 0 Å². The van der Waals surface area contributed by atoms with E-state index in [4.69, 9.17) is 0 Å². The van der Waals surface area contributed by atoms with Crippen molar-refractivity contribution in [2.45, 2.75) is 6.92 Å². The van der Waals surface area contributed by atoms with Crippen molar-refractivity contribution in [2.75, 3.05) is 12.7 Å². The lowest BCUT2D eigenvalue weighted by Gasteiger charge is -2.29. The highest BCUT2D eigenvalue weighted by Crippen LogP contribution is 2.55. The van der Waals surface area contributed by atoms with Crippen molar-refractivity contribution in [3.05, 3.63) is 126 Å². The molecule has 4 aromatic rings. The van der Waals surface area contributed by atoms with Gasteiger partial charge in [0.05, 0.1) is 23.8 Å². The van der Waals surface area contributed by atoms with Crippen LogP contribution in [-0.2, 0) is 0 Å². The van der Waals surface area contributed by atoms with Crippen LogP contribution in [0.1, 0.15) is 26.3 Å². The Hall–Kier alpha value is -3.55. The quantitative estimate of drug-likeness (QED) is 0.318. The third-order valence-corrected chi connectivity index (χ3v) is 10.9. The Kier molecular flexibility index (Phi) is 5.66. The molecular weight excluding hydrogens is 425 g/mol. The standard InChI is InChI=1S/C29H25NO2P/c1-22-12-11-19-26-27(22)29(32)30(28(26)31)20-21-33(23-13-5-2-6-14-23,24-15-7-3-8-16-24)25-17-9-4-10-18-25/h2-19H,20-21H2,1H3/q+1. The van der Waals surface area contributed by atoms with E-state index in [0.717, 1.165) is 5.56 Å². The molecule has 0 saturated heterocycles. The molecule has 0 spiro atoms. The molecule has 0 aliphatic carbocycles. The zero-order valence-electron chi connectivity index (χ0n) is 18.5. The summed E-state index contributed by atoms with van der Waals surface area (Å²) in [6.07, 6.45) is 0.690. The third-order valence-electron chi connectivity index (χ3n) is 6.46. The molecule has 4 heteroatoms. The van der Waals surface area contributed by atoms with E-state index in [1.807, 2.05) is 37.3 Å². The summed E-state index contributed by atoms with van der Waals surface area (Å²) in [6, 6.07) is 37.1. The molecule has 0 atom stereocenters. The number of amides is 2. The zero-order chi connectivity index (χ0) is 22.8. The van der Waals surface area contributed by atoms with Gasteiger partial charge < -0.3 is 0 Å². The molecule has 0 radical (unpaired) electrons. The van der Waals surface area contributed by atoms with E-state index in [2.05, 4.69) is 72.8 Å². The lowest BCUT2D eigenvalue weighted by atomic mass is 10.0. The Morgan fingerprint density at radius 3 is 1.55 bits per heavy atom. The molecule has 0 fully saturated rings. The van der Waals surface area contributed by atoms with Gasteiger partial charge in [0.15, 0.2) is 0 Å². The Morgan fingerprint density at radius 2 is 1.09 bits per heavy atom. The van der Waals surface area contributed by atoms with Crippen LogP contribution in [0.25, 0.3) is 0 Å². The summed E-state index contributed by atoms with van der Waals surface area (Å²) in [5.41, 5.74) is 1.91. The van der Waals surface area contributed by atoms with E-state index in [0.29, 0.717) is 23.8 Å². The molecule has 2 amide bonds. The molecule has 0 bridgehead atoms. The second-order valence-electron chi connectivity index (χ2n) is 8.30. The molecule has 33 heavy (non-hydrogen) atoms. The number of hydrogen-bond donors (Lipinski definition) is 0. The van der Waals surface area contributed by atoms with Crippen LogP contribution >= 0.6 is 7.26 Å². The summed E-state index contributed by atoms with van der Waals surface area (Å²) >= 11 is 0. The highest BCUT2D eigenvalue weighted by molar-refractivity contribution is 7.95. The number of hydrogen-bond acceptors (Lipinski definition) is 2. The van der Waals surface area contributed by atoms with Gasteiger partial charge in [-0.3, -0.25) is 14.5 Å². The molecular formula is C29H25NO2P+. The zero-order valence-corrected chi connectivity index (χ0v) is 19.4.